The van der Waals surface area contributed by atoms with Crippen LogP contribution in [-0.4, -0.2) is 60.6 Å². The van der Waals surface area contributed by atoms with Gasteiger partial charge >= 0.3 is 0 Å². The average molecular weight is 551 g/mol. The van der Waals surface area contributed by atoms with Gasteiger partial charge in [-0.15, -0.1) is 0 Å². The van der Waals surface area contributed by atoms with Crippen LogP contribution in [0.2, 0.25) is 0 Å². The largest absolute Gasteiger partial charge is 0.378 e. The van der Waals surface area contributed by atoms with Gasteiger partial charge in [0, 0.05) is 36.3 Å². The Labute approximate surface area is 220 Å². The number of benzene rings is 2. The number of nitrogens with zero attached hydrogens (tertiary/aromatic N) is 6. The van der Waals surface area contributed by atoms with Gasteiger partial charge in [-0.25, -0.2) is 5.43 Å². The summed E-state index contributed by atoms with van der Waals surface area (Å²) in [5, 5.41) is 7.70. The van der Waals surface area contributed by atoms with E-state index < -0.39 is 0 Å². The predicted molar refractivity (Wildman–Crippen MR) is 149 cm³/mol. The smallest absolute Gasteiger partial charge is 0.250 e. The molecule has 2 aliphatic heterocycles. The van der Waals surface area contributed by atoms with Gasteiger partial charge in [-0.05, 0) is 77.5 Å². The van der Waals surface area contributed by atoms with E-state index in [-0.39, 0.29) is 0 Å². The molecule has 3 aromatic rings. The molecule has 9 nitrogen and oxygen atoms in total. The Kier molecular flexibility index (Phi) is 7.92. The normalized spacial score (nSPS) is 16.4. The molecule has 188 valence electrons. The predicted octanol–water partition coefficient (Wildman–Crippen LogP) is 4.96. The maximum Gasteiger partial charge on any atom is 0.250 e. The van der Waals surface area contributed by atoms with E-state index in [9.17, 15) is 0 Å². The van der Waals surface area contributed by atoms with E-state index in [1.54, 1.807) is 6.21 Å². The van der Waals surface area contributed by atoms with Crippen LogP contribution in [0, 0.1) is 6.92 Å². The number of morpholine rings is 1. The summed E-state index contributed by atoms with van der Waals surface area (Å²) in [7, 11) is 0. The van der Waals surface area contributed by atoms with Crippen LogP contribution in [0.5, 0.6) is 0 Å². The minimum Gasteiger partial charge on any atom is -0.378 e. The number of anilines is 5. The van der Waals surface area contributed by atoms with Gasteiger partial charge in [0.2, 0.25) is 17.8 Å². The molecule has 0 unspecified atom stereocenters. The van der Waals surface area contributed by atoms with E-state index in [1.807, 2.05) is 18.2 Å². The van der Waals surface area contributed by atoms with Crippen LogP contribution in [-0.2, 0) is 4.74 Å². The monoisotopic (exact) mass is 550 g/mol. The topological polar surface area (TPSA) is 90.8 Å². The highest BCUT2D eigenvalue weighted by molar-refractivity contribution is 9.10. The van der Waals surface area contributed by atoms with Gasteiger partial charge in [0.15, 0.2) is 0 Å². The molecule has 0 aliphatic carbocycles. The van der Waals surface area contributed by atoms with Crippen molar-refractivity contribution in [2.45, 2.75) is 26.2 Å². The molecule has 0 amide bonds. The summed E-state index contributed by atoms with van der Waals surface area (Å²) in [6.45, 7) is 7.06. The molecule has 0 bridgehead atoms. The summed E-state index contributed by atoms with van der Waals surface area (Å²) >= 11 is 3.61. The van der Waals surface area contributed by atoms with Crippen molar-refractivity contribution in [3.8, 4) is 0 Å². The van der Waals surface area contributed by atoms with E-state index in [0.29, 0.717) is 31.1 Å². The van der Waals surface area contributed by atoms with Crippen LogP contribution in [0.25, 0.3) is 0 Å². The molecular formula is C26H31BrN8O. The van der Waals surface area contributed by atoms with Crippen molar-refractivity contribution < 1.29 is 4.74 Å². The van der Waals surface area contributed by atoms with Gasteiger partial charge in [-0.3, -0.25) is 0 Å². The van der Waals surface area contributed by atoms with Gasteiger partial charge < -0.3 is 19.9 Å². The number of halogens is 1. The Morgan fingerprint density at radius 3 is 2.39 bits per heavy atom. The van der Waals surface area contributed by atoms with E-state index >= 15 is 0 Å². The number of hydrogen-bond donors (Lipinski definition) is 2. The second kappa shape index (κ2) is 11.7. The van der Waals surface area contributed by atoms with Crippen molar-refractivity contribution in [3.63, 3.8) is 0 Å². The molecule has 36 heavy (non-hydrogen) atoms. The van der Waals surface area contributed by atoms with Gasteiger partial charge in [0.1, 0.15) is 0 Å². The molecule has 2 saturated heterocycles. The first-order valence-electron chi connectivity index (χ1n) is 12.4. The van der Waals surface area contributed by atoms with Gasteiger partial charge in [-0.2, -0.15) is 20.1 Å². The molecule has 2 aromatic carbocycles. The minimum atomic E-state index is 0.374. The fraction of sp³-hybridized carbons (Fsp3) is 0.385. The van der Waals surface area contributed by atoms with E-state index in [4.69, 9.17) is 4.74 Å². The SMILES string of the molecule is Cc1ccc(Nc2nc(N/N=C/c3ccc(N4CCCCC4)cc3)nc(N3CCOCC3)n2)c(Br)c1. The Morgan fingerprint density at radius 2 is 1.64 bits per heavy atom. The molecule has 0 spiro atoms. The number of ether oxygens (including phenoxy) is 1. The summed E-state index contributed by atoms with van der Waals surface area (Å²) in [6.07, 6.45) is 5.64. The van der Waals surface area contributed by atoms with Crippen molar-refractivity contribution in [3.05, 3.63) is 58.1 Å². The zero-order valence-corrected chi connectivity index (χ0v) is 22.0. The molecule has 2 aliphatic rings. The third kappa shape index (κ3) is 6.30. The van der Waals surface area contributed by atoms with Crippen LogP contribution >= 0.6 is 15.9 Å². The minimum absolute atomic E-state index is 0.374. The van der Waals surface area contributed by atoms with Crippen LogP contribution < -0.4 is 20.5 Å². The number of nitrogens with one attached hydrogen (secondary N) is 2. The zero-order chi connectivity index (χ0) is 24.7. The Bertz CT molecular complexity index is 1190. The average Bonchev–Trinajstić information content (AvgIpc) is 2.92. The third-order valence-corrected chi connectivity index (χ3v) is 6.94. The fourth-order valence-electron chi connectivity index (χ4n) is 4.31. The quantitative estimate of drug-likeness (QED) is 0.315. The molecular weight excluding hydrogens is 520 g/mol. The molecule has 0 atom stereocenters. The van der Waals surface area contributed by atoms with E-state index in [1.165, 1.54) is 24.9 Å². The number of rotatable bonds is 7. The van der Waals surface area contributed by atoms with Crippen LogP contribution in [0.1, 0.15) is 30.4 Å². The standard InChI is InChI=1S/C26H31BrN8O/c1-19-5-10-23(22(27)17-19)29-24-30-25(32-26(31-24)35-13-15-36-16-14-35)33-28-18-20-6-8-21(9-7-20)34-11-3-2-4-12-34/h5-10,17-18H,2-4,11-16H2,1H3,(H2,29,30,31,32,33)/b28-18+. The highest BCUT2D eigenvalue weighted by atomic mass is 79.9. The maximum absolute atomic E-state index is 5.49. The zero-order valence-electron chi connectivity index (χ0n) is 20.5. The van der Waals surface area contributed by atoms with E-state index in [0.717, 1.165) is 47.5 Å². The lowest BCUT2D eigenvalue weighted by molar-refractivity contribution is 0.122. The van der Waals surface area contributed by atoms with Crippen molar-refractivity contribution >= 4 is 51.4 Å². The lowest BCUT2D eigenvalue weighted by Crippen LogP contribution is -2.37. The van der Waals surface area contributed by atoms with Crippen molar-refractivity contribution in [2.75, 3.05) is 59.9 Å². The second-order valence-electron chi connectivity index (χ2n) is 9.00. The van der Waals surface area contributed by atoms with Gasteiger partial charge in [0.25, 0.3) is 0 Å². The number of piperidine rings is 1. The third-order valence-electron chi connectivity index (χ3n) is 6.28. The van der Waals surface area contributed by atoms with Crippen LogP contribution in [0.3, 0.4) is 0 Å². The summed E-state index contributed by atoms with van der Waals surface area (Å²) in [5.74, 6) is 1.40. The van der Waals surface area contributed by atoms with Crippen LogP contribution in [0.15, 0.2) is 52.0 Å². The lowest BCUT2D eigenvalue weighted by atomic mass is 10.1. The molecule has 2 fully saturated rings. The first-order valence-corrected chi connectivity index (χ1v) is 13.2. The first kappa shape index (κ1) is 24.5. The van der Waals surface area contributed by atoms with Gasteiger partial charge in [-0.1, -0.05) is 18.2 Å². The Morgan fingerprint density at radius 1 is 0.889 bits per heavy atom. The summed E-state index contributed by atoms with van der Waals surface area (Å²) < 4.78 is 6.43. The Hall–Kier alpha value is -3.24. The molecule has 3 heterocycles. The molecule has 0 saturated carbocycles. The lowest BCUT2D eigenvalue weighted by Gasteiger charge is -2.28. The second-order valence-corrected chi connectivity index (χ2v) is 9.85. The molecule has 5 rings (SSSR count). The highest BCUT2D eigenvalue weighted by Crippen LogP contribution is 2.27. The van der Waals surface area contributed by atoms with Gasteiger partial charge in [0.05, 0.1) is 25.1 Å². The number of aryl methyl sites for hydroxylation is 1. The number of hydrogen-bond acceptors (Lipinski definition) is 9. The summed E-state index contributed by atoms with van der Waals surface area (Å²) in [6, 6.07) is 14.6. The fourth-order valence-corrected chi connectivity index (χ4v) is 4.90. The van der Waals surface area contributed by atoms with Crippen molar-refractivity contribution in [2.24, 2.45) is 5.10 Å². The number of hydrazone groups is 1. The Balaban J connectivity index is 1.31. The molecule has 1 aromatic heterocycles. The van der Waals surface area contributed by atoms with Crippen LogP contribution in [0.4, 0.5) is 29.2 Å². The van der Waals surface area contributed by atoms with Crippen molar-refractivity contribution in [1.82, 2.24) is 15.0 Å². The highest BCUT2D eigenvalue weighted by Gasteiger charge is 2.17. The summed E-state index contributed by atoms with van der Waals surface area (Å²) in [4.78, 5) is 18.4. The first-order chi connectivity index (χ1) is 17.6. The number of aromatic nitrogens is 3. The van der Waals surface area contributed by atoms with Crippen molar-refractivity contribution in [1.29, 1.82) is 0 Å². The molecule has 10 heteroatoms. The molecule has 0 radical (unpaired) electrons. The summed E-state index contributed by atoms with van der Waals surface area (Å²) in [5.41, 5.74) is 7.31. The maximum atomic E-state index is 5.49. The van der Waals surface area contributed by atoms with E-state index in [2.05, 4.69) is 87.7 Å². The molecule has 2 N–H and O–H groups in total.